The quantitative estimate of drug-likeness (QED) is 0.240. The van der Waals surface area contributed by atoms with Crippen LogP contribution in [0.1, 0.15) is 73.6 Å². The highest BCUT2D eigenvalue weighted by Crippen LogP contribution is 2.24. The van der Waals surface area contributed by atoms with Crippen LogP contribution in [0.15, 0.2) is 11.6 Å². The molecule has 0 aliphatic carbocycles. The Kier molecular flexibility index (Phi) is 12.2. The third-order valence-corrected chi connectivity index (χ3v) is 6.53. The SMILES string of the molecule is C/C(=C\[C@H](C(C)C)N(C)C(=O)[C@@H](NC(=O)[C@H]1CCCCN1)C(C)(C)C)C(=O)N[C@H](CCC(=O)O)C(=O)O. The van der Waals surface area contributed by atoms with Gasteiger partial charge in [-0.3, -0.25) is 19.2 Å². The Hall–Kier alpha value is -2.95. The van der Waals surface area contributed by atoms with Crippen LogP contribution in [0.2, 0.25) is 0 Å². The molecule has 0 saturated carbocycles. The zero-order chi connectivity index (χ0) is 28.5. The minimum Gasteiger partial charge on any atom is -0.481 e. The summed E-state index contributed by atoms with van der Waals surface area (Å²) in [5.41, 5.74) is -0.380. The summed E-state index contributed by atoms with van der Waals surface area (Å²) >= 11 is 0. The summed E-state index contributed by atoms with van der Waals surface area (Å²) < 4.78 is 0. The molecule has 3 amide bonds. The second-order valence-electron chi connectivity index (χ2n) is 11.1. The summed E-state index contributed by atoms with van der Waals surface area (Å²) in [5, 5.41) is 26.6. The fourth-order valence-electron chi connectivity index (χ4n) is 4.20. The van der Waals surface area contributed by atoms with E-state index in [0.717, 1.165) is 19.4 Å². The third-order valence-electron chi connectivity index (χ3n) is 6.53. The maximum atomic E-state index is 13.6. The summed E-state index contributed by atoms with van der Waals surface area (Å²) in [6.07, 6.45) is 3.61. The molecule has 1 aliphatic heterocycles. The van der Waals surface area contributed by atoms with Gasteiger partial charge in [0, 0.05) is 19.0 Å². The van der Waals surface area contributed by atoms with E-state index in [4.69, 9.17) is 5.11 Å². The number of carbonyl (C=O) groups is 5. The lowest BCUT2D eigenvalue weighted by Gasteiger charge is -2.38. The molecule has 1 fully saturated rings. The van der Waals surface area contributed by atoms with Crippen molar-refractivity contribution in [3.8, 4) is 0 Å². The van der Waals surface area contributed by atoms with E-state index < -0.39 is 47.8 Å². The smallest absolute Gasteiger partial charge is 0.326 e. The van der Waals surface area contributed by atoms with E-state index in [1.54, 1.807) is 13.1 Å². The monoisotopic (exact) mass is 524 g/mol. The molecule has 0 aromatic carbocycles. The molecule has 210 valence electrons. The van der Waals surface area contributed by atoms with Crippen molar-refractivity contribution in [1.29, 1.82) is 0 Å². The Labute approximate surface area is 219 Å². The highest BCUT2D eigenvalue weighted by atomic mass is 16.4. The van der Waals surface area contributed by atoms with Crippen LogP contribution in [0.5, 0.6) is 0 Å². The second kappa shape index (κ2) is 14.1. The molecule has 1 heterocycles. The molecule has 0 bridgehead atoms. The Balaban J connectivity index is 3.08. The summed E-state index contributed by atoms with van der Waals surface area (Å²) in [6.45, 7) is 11.7. The van der Waals surface area contributed by atoms with Crippen molar-refractivity contribution in [2.24, 2.45) is 11.3 Å². The number of carboxylic acids is 2. The molecule has 4 atom stereocenters. The molecule has 1 saturated heterocycles. The van der Waals surface area contributed by atoms with E-state index in [2.05, 4.69) is 16.0 Å². The van der Waals surface area contributed by atoms with E-state index in [1.807, 2.05) is 34.6 Å². The maximum Gasteiger partial charge on any atom is 0.326 e. The average Bonchev–Trinajstić information content (AvgIpc) is 2.81. The fourth-order valence-corrected chi connectivity index (χ4v) is 4.20. The number of hydrogen-bond donors (Lipinski definition) is 5. The van der Waals surface area contributed by atoms with Crippen molar-refractivity contribution in [2.75, 3.05) is 13.6 Å². The average molecular weight is 525 g/mol. The Morgan fingerprint density at radius 1 is 1.08 bits per heavy atom. The summed E-state index contributed by atoms with van der Waals surface area (Å²) in [4.78, 5) is 63.0. The van der Waals surface area contributed by atoms with Gasteiger partial charge in [-0.25, -0.2) is 4.79 Å². The Bertz CT molecular complexity index is 873. The first-order valence-corrected chi connectivity index (χ1v) is 12.8. The second-order valence-corrected chi connectivity index (χ2v) is 11.1. The van der Waals surface area contributed by atoms with E-state index in [0.29, 0.717) is 6.42 Å². The van der Waals surface area contributed by atoms with Crippen molar-refractivity contribution in [1.82, 2.24) is 20.9 Å². The first kappa shape index (κ1) is 32.1. The predicted octanol–water partition coefficient (Wildman–Crippen LogP) is 1.52. The van der Waals surface area contributed by atoms with Crippen LogP contribution in [0.3, 0.4) is 0 Å². The van der Waals surface area contributed by atoms with E-state index in [-0.39, 0.29) is 35.8 Å². The molecular formula is C26H44N4O7. The first-order chi connectivity index (χ1) is 17.1. The third kappa shape index (κ3) is 10.1. The molecule has 0 unspecified atom stereocenters. The van der Waals surface area contributed by atoms with E-state index >= 15 is 0 Å². The molecule has 11 nitrogen and oxygen atoms in total. The Morgan fingerprint density at radius 2 is 1.70 bits per heavy atom. The van der Waals surface area contributed by atoms with Gasteiger partial charge in [-0.05, 0) is 44.1 Å². The molecule has 37 heavy (non-hydrogen) atoms. The van der Waals surface area contributed by atoms with Gasteiger partial charge in [0.05, 0.1) is 12.1 Å². The van der Waals surface area contributed by atoms with Gasteiger partial charge in [0.15, 0.2) is 0 Å². The van der Waals surface area contributed by atoms with Crippen LogP contribution in [0.25, 0.3) is 0 Å². The highest BCUT2D eigenvalue weighted by molar-refractivity contribution is 5.96. The molecular weight excluding hydrogens is 480 g/mol. The number of carbonyl (C=O) groups excluding carboxylic acids is 3. The van der Waals surface area contributed by atoms with Gasteiger partial charge >= 0.3 is 11.9 Å². The van der Waals surface area contributed by atoms with Crippen LogP contribution in [-0.2, 0) is 24.0 Å². The Morgan fingerprint density at radius 3 is 2.16 bits per heavy atom. The maximum absolute atomic E-state index is 13.6. The summed E-state index contributed by atoms with van der Waals surface area (Å²) in [5.74, 6) is -3.76. The summed E-state index contributed by atoms with van der Waals surface area (Å²) in [6, 6.07) is -3.01. The lowest BCUT2D eigenvalue weighted by atomic mass is 9.84. The molecule has 1 rings (SSSR count). The van der Waals surface area contributed by atoms with Gasteiger partial charge in [0.2, 0.25) is 17.7 Å². The lowest BCUT2D eigenvalue weighted by Crippen LogP contribution is -2.59. The molecule has 11 heteroatoms. The van der Waals surface area contributed by atoms with E-state index in [9.17, 15) is 29.1 Å². The van der Waals surface area contributed by atoms with Crippen LogP contribution >= 0.6 is 0 Å². The van der Waals surface area contributed by atoms with Crippen LogP contribution in [0, 0.1) is 11.3 Å². The molecule has 0 radical (unpaired) electrons. The lowest BCUT2D eigenvalue weighted by molar-refractivity contribution is -0.142. The number of nitrogens with one attached hydrogen (secondary N) is 3. The van der Waals surface area contributed by atoms with E-state index in [1.165, 1.54) is 11.8 Å². The standard InChI is InChI=1S/C26H44N4O7/c1-15(2)19(14-16(3)22(33)28-18(25(36)37)11-12-20(31)32)30(7)24(35)21(26(4,5)6)29-23(34)17-10-8-9-13-27-17/h14-15,17-19,21,27H,8-13H2,1-7H3,(H,28,33)(H,29,34)(H,31,32)(H,36,37)/b16-14+/t17-,18-,19-,21-/m1/s1. The van der Waals surface area contributed by atoms with Gasteiger partial charge in [0.25, 0.3) is 0 Å². The fraction of sp³-hybridized carbons (Fsp3) is 0.731. The van der Waals surface area contributed by atoms with Gasteiger partial charge in [-0.15, -0.1) is 0 Å². The first-order valence-electron chi connectivity index (χ1n) is 12.8. The number of piperidine rings is 1. The summed E-state index contributed by atoms with van der Waals surface area (Å²) in [7, 11) is 1.62. The molecule has 0 aromatic heterocycles. The number of aliphatic carboxylic acids is 2. The van der Waals surface area contributed by atoms with Crippen molar-refractivity contribution in [2.45, 2.75) is 97.8 Å². The van der Waals surface area contributed by atoms with Crippen LogP contribution in [0.4, 0.5) is 0 Å². The van der Waals surface area contributed by atoms with Crippen LogP contribution < -0.4 is 16.0 Å². The van der Waals surface area contributed by atoms with Gasteiger partial charge in [-0.2, -0.15) is 0 Å². The molecule has 5 N–H and O–H groups in total. The van der Waals surface area contributed by atoms with Gasteiger partial charge in [0.1, 0.15) is 12.1 Å². The minimum atomic E-state index is -1.35. The zero-order valence-corrected chi connectivity index (χ0v) is 23.1. The number of likely N-dealkylation sites (N-methyl/N-ethyl adjacent to an activating group) is 1. The van der Waals surface area contributed by atoms with Crippen molar-refractivity contribution in [3.05, 3.63) is 11.6 Å². The largest absolute Gasteiger partial charge is 0.481 e. The number of amides is 3. The van der Waals surface area contributed by atoms with Crippen molar-refractivity contribution in [3.63, 3.8) is 0 Å². The minimum absolute atomic E-state index is 0.102. The molecule has 1 aliphatic rings. The highest BCUT2D eigenvalue weighted by Gasteiger charge is 2.38. The topological polar surface area (TPSA) is 165 Å². The number of carboxylic acid groups (broad SMARTS) is 2. The molecule has 0 spiro atoms. The number of hydrogen-bond acceptors (Lipinski definition) is 6. The molecule has 0 aromatic rings. The van der Waals surface area contributed by atoms with Crippen LogP contribution in [-0.4, -0.2) is 82.5 Å². The number of nitrogens with zero attached hydrogens (tertiary/aromatic N) is 1. The normalized spacial score (nSPS) is 18.9. The van der Waals surface area contributed by atoms with Gasteiger partial charge < -0.3 is 31.1 Å². The zero-order valence-electron chi connectivity index (χ0n) is 23.1. The van der Waals surface area contributed by atoms with Crippen molar-refractivity contribution < 1.29 is 34.2 Å². The van der Waals surface area contributed by atoms with Gasteiger partial charge in [-0.1, -0.05) is 47.1 Å². The van der Waals surface area contributed by atoms with Crippen molar-refractivity contribution >= 4 is 29.7 Å². The predicted molar refractivity (Wildman–Crippen MR) is 139 cm³/mol. The number of rotatable bonds is 12.